The van der Waals surface area contributed by atoms with Crippen LogP contribution < -0.4 is 0 Å². The van der Waals surface area contributed by atoms with Crippen LogP contribution in [0.3, 0.4) is 0 Å². The summed E-state index contributed by atoms with van der Waals surface area (Å²) in [4.78, 5) is 16.4. The molecule has 17 heavy (non-hydrogen) atoms. The summed E-state index contributed by atoms with van der Waals surface area (Å²) >= 11 is 0. The number of hydrogen-bond acceptors (Lipinski definition) is 3. The molecule has 0 aliphatic carbocycles. The second-order valence-corrected chi connectivity index (χ2v) is 5.24. The van der Waals surface area contributed by atoms with E-state index < -0.39 is 5.60 Å². The fourth-order valence-electron chi connectivity index (χ4n) is 1.88. The van der Waals surface area contributed by atoms with Crippen LogP contribution in [0.5, 0.6) is 0 Å². The molecular formula is C11H20N4O2. The van der Waals surface area contributed by atoms with Crippen molar-refractivity contribution >= 4 is 6.09 Å². The zero-order valence-corrected chi connectivity index (χ0v) is 10.7. The first-order valence-electron chi connectivity index (χ1n) is 5.94. The molecule has 0 bridgehead atoms. The third-order valence-electron chi connectivity index (χ3n) is 2.61. The molecule has 1 saturated heterocycles. The summed E-state index contributed by atoms with van der Waals surface area (Å²) in [5.41, 5.74) is 7.84. The zero-order chi connectivity index (χ0) is 12.9. The number of piperidine rings is 1. The third kappa shape index (κ3) is 4.53. The van der Waals surface area contributed by atoms with Crippen LogP contribution in [0.1, 0.15) is 40.0 Å². The number of carbonyl (C=O) groups is 1. The second kappa shape index (κ2) is 5.77. The standard InChI is InChI=1S/C11H20N4O2/c1-11(2,3)17-10(16)15-7-5-4-6-9(15)8-13-14-12/h9H,4-8H2,1-3H3. The molecular weight excluding hydrogens is 220 g/mol. The third-order valence-corrected chi connectivity index (χ3v) is 2.61. The van der Waals surface area contributed by atoms with Crippen LogP contribution in [0.4, 0.5) is 4.79 Å². The lowest BCUT2D eigenvalue weighted by Crippen LogP contribution is -2.47. The second-order valence-electron chi connectivity index (χ2n) is 5.24. The summed E-state index contributed by atoms with van der Waals surface area (Å²) in [5.74, 6) is 0. The molecule has 0 spiro atoms. The molecule has 0 saturated carbocycles. The molecule has 1 rings (SSSR count). The maximum absolute atomic E-state index is 12.0. The van der Waals surface area contributed by atoms with Crippen molar-refractivity contribution < 1.29 is 9.53 Å². The van der Waals surface area contributed by atoms with Crippen LogP contribution in [0.15, 0.2) is 5.11 Å². The maximum Gasteiger partial charge on any atom is 0.410 e. The summed E-state index contributed by atoms with van der Waals surface area (Å²) in [6.07, 6.45) is 2.60. The number of hydrogen-bond donors (Lipinski definition) is 0. The average Bonchev–Trinajstić information content (AvgIpc) is 2.24. The Morgan fingerprint density at radius 1 is 1.53 bits per heavy atom. The molecule has 1 aliphatic rings. The lowest BCUT2D eigenvalue weighted by atomic mass is 10.0. The predicted molar refractivity (Wildman–Crippen MR) is 64.6 cm³/mol. The maximum atomic E-state index is 12.0. The van der Waals surface area contributed by atoms with E-state index in [-0.39, 0.29) is 12.1 Å². The summed E-state index contributed by atoms with van der Waals surface area (Å²) < 4.78 is 5.34. The quantitative estimate of drug-likeness (QED) is 0.422. The van der Waals surface area contributed by atoms with E-state index in [1.54, 1.807) is 4.90 Å². The van der Waals surface area contributed by atoms with Gasteiger partial charge in [-0.15, -0.1) is 0 Å². The highest BCUT2D eigenvalue weighted by Gasteiger charge is 2.29. The Kier molecular flexibility index (Phi) is 4.63. The molecule has 1 aliphatic heterocycles. The van der Waals surface area contributed by atoms with Gasteiger partial charge in [-0.2, -0.15) is 0 Å². The van der Waals surface area contributed by atoms with Crippen LogP contribution in [-0.4, -0.2) is 35.7 Å². The van der Waals surface area contributed by atoms with Gasteiger partial charge in [0, 0.05) is 24.0 Å². The summed E-state index contributed by atoms with van der Waals surface area (Å²) in [6, 6.07) is -0.0190. The molecule has 0 aromatic carbocycles. The van der Waals surface area contributed by atoms with E-state index in [9.17, 15) is 4.79 Å². The van der Waals surface area contributed by atoms with Crippen molar-refractivity contribution in [2.45, 2.75) is 51.7 Å². The highest BCUT2D eigenvalue weighted by Crippen LogP contribution is 2.20. The van der Waals surface area contributed by atoms with Crippen LogP contribution in [0, 0.1) is 0 Å². The number of likely N-dealkylation sites (tertiary alicyclic amines) is 1. The van der Waals surface area contributed by atoms with E-state index in [0.29, 0.717) is 13.1 Å². The Bertz CT molecular complexity index is 318. The normalized spacial score (nSPS) is 20.6. The van der Waals surface area contributed by atoms with Gasteiger partial charge in [0.1, 0.15) is 5.60 Å². The van der Waals surface area contributed by atoms with Crippen molar-refractivity contribution in [1.82, 2.24) is 4.90 Å². The molecule has 96 valence electrons. The first kappa shape index (κ1) is 13.6. The molecule has 0 aromatic rings. The summed E-state index contributed by atoms with van der Waals surface area (Å²) in [5, 5.41) is 3.56. The smallest absolute Gasteiger partial charge is 0.410 e. The van der Waals surface area contributed by atoms with Gasteiger partial charge < -0.3 is 9.64 Å². The fourth-order valence-corrected chi connectivity index (χ4v) is 1.88. The van der Waals surface area contributed by atoms with Gasteiger partial charge in [0.05, 0.1) is 0 Å². The van der Waals surface area contributed by atoms with Crippen LogP contribution in [0.25, 0.3) is 10.4 Å². The van der Waals surface area contributed by atoms with Gasteiger partial charge in [0.25, 0.3) is 0 Å². The minimum absolute atomic E-state index is 0.0190. The molecule has 1 atom stereocenters. The Hall–Kier alpha value is -1.42. The molecule has 6 nitrogen and oxygen atoms in total. The first-order chi connectivity index (χ1) is 7.94. The van der Waals surface area contributed by atoms with E-state index in [2.05, 4.69) is 10.0 Å². The molecule has 1 amide bonds. The Labute approximate surface area is 102 Å². The number of rotatable bonds is 2. The Morgan fingerprint density at radius 2 is 2.24 bits per heavy atom. The Morgan fingerprint density at radius 3 is 2.82 bits per heavy atom. The molecule has 0 N–H and O–H groups in total. The highest BCUT2D eigenvalue weighted by molar-refractivity contribution is 5.68. The number of amides is 1. The molecule has 1 heterocycles. The Balaban J connectivity index is 2.63. The van der Waals surface area contributed by atoms with Gasteiger partial charge in [0.15, 0.2) is 0 Å². The summed E-state index contributed by atoms with van der Waals surface area (Å²) in [6.45, 7) is 6.54. The van der Waals surface area contributed by atoms with Crippen LogP contribution >= 0.6 is 0 Å². The van der Waals surface area contributed by atoms with Crippen molar-refractivity contribution in [2.75, 3.05) is 13.1 Å². The minimum Gasteiger partial charge on any atom is -0.444 e. The lowest BCUT2D eigenvalue weighted by molar-refractivity contribution is 0.0109. The summed E-state index contributed by atoms with van der Waals surface area (Å²) in [7, 11) is 0. The van der Waals surface area contributed by atoms with E-state index >= 15 is 0 Å². The van der Waals surface area contributed by atoms with Gasteiger partial charge in [-0.3, -0.25) is 0 Å². The first-order valence-corrected chi connectivity index (χ1v) is 5.94. The van der Waals surface area contributed by atoms with Crippen LogP contribution in [-0.2, 0) is 4.74 Å². The number of carbonyl (C=O) groups excluding carboxylic acids is 1. The monoisotopic (exact) mass is 240 g/mol. The number of ether oxygens (including phenoxy) is 1. The van der Waals surface area contributed by atoms with Crippen molar-refractivity contribution in [2.24, 2.45) is 5.11 Å². The van der Waals surface area contributed by atoms with Gasteiger partial charge >= 0.3 is 6.09 Å². The van der Waals surface area contributed by atoms with Crippen LogP contribution in [0.2, 0.25) is 0 Å². The molecule has 0 aromatic heterocycles. The van der Waals surface area contributed by atoms with Crippen molar-refractivity contribution in [3.05, 3.63) is 10.4 Å². The minimum atomic E-state index is -0.489. The largest absolute Gasteiger partial charge is 0.444 e. The molecule has 6 heteroatoms. The number of azide groups is 1. The van der Waals surface area contributed by atoms with E-state index in [0.717, 1.165) is 19.3 Å². The van der Waals surface area contributed by atoms with Gasteiger partial charge in [-0.25, -0.2) is 4.79 Å². The van der Waals surface area contributed by atoms with Gasteiger partial charge in [-0.1, -0.05) is 5.11 Å². The van der Waals surface area contributed by atoms with E-state index in [1.165, 1.54) is 0 Å². The average molecular weight is 240 g/mol. The molecule has 1 unspecified atom stereocenters. The number of nitrogens with zero attached hydrogens (tertiary/aromatic N) is 4. The topological polar surface area (TPSA) is 78.3 Å². The molecule has 0 radical (unpaired) electrons. The van der Waals surface area contributed by atoms with Gasteiger partial charge in [-0.05, 0) is 45.6 Å². The highest BCUT2D eigenvalue weighted by atomic mass is 16.6. The van der Waals surface area contributed by atoms with Crippen molar-refractivity contribution in [1.29, 1.82) is 0 Å². The van der Waals surface area contributed by atoms with Crippen molar-refractivity contribution in [3.63, 3.8) is 0 Å². The fraction of sp³-hybridized carbons (Fsp3) is 0.909. The van der Waals surface area contributed by atoms with Gasteiger partial charge in [0.2, 0.25) is 0 Å². The lowest BCUT2D eigenvalue weighted by Gasteiger charge is -2.36. The predicted octanol–water partition coefficient (Wildman–Crippen LogP) is 3.09. The SMILES string of the molecule is CC(C)(C)OC(=O)N1CCCCC1CN=[N+]=[N-]. The zero-order valence-electron chi connectivity index (χ0n) is 10.7. The van der Waals surface area contributed by atoms with Crippen molar-refractivity contribution in [3.8, 4) is 0 Å². The molecule has 1 fully saturated rings. The van der Waals surface area contributed by atoms with E-state index in [1.807, 2.05) is 20.8 Å². The van der Waals surface area contributed by atoms with E-state index in [4.69, 9.17) is 10.3 Å².